The van der Waals surface area contributed by atoms with Crippen LogP contribution in [0.25, 0.3) is 11.1 Å². The van der Waals surface area contributed by atoms with Gasteiger partial charge in [-0.25, -0.2) is 4.39 Å². The second-order valence-electron chi connectivity index (χ2n) is 6.09. The van der Waals surface area contributed by atoms with Gasteiger partial charge in [0, 0.05) is 18.5 Å². The average Bonchev–Trinajstić information content (AvgIpc) is 2.93. The Hall–Kier alpha value is -2.73. The van der Waals surface area contributed by atoms with E-state index in [9.17, 15) is 19.1 Å². The second kappa shape index (κ2) is 5.42. The molecule has 2 aliphatic rings. The zero-order valence-electron chi connectivity index (χ0n) is 12.7. The van der Waals surface area contributed by atoms with E-state index in [4.69, 9.17) is 0 Å². The molecule has 0 saturated carbocycles. The number of carbonyl (C=O) groups is 2. The fourth-order valence-electron chi connectivity index (χ4n) is 3.35. The third kappa shape index (κ3) is 2.27. The Bertz CT molecular complexity index is 852. The number of carbonyl (C=O) groups excluding carboxylic acids is 2. The van der Waals surface area contributed by atoms with Crippen molar-refractivity contribution >= 4 is 17.5 Å². The summed E-state index contributed by atoms with van der Waals surface area (Å²) in [6, 6.07) is 10.5. The van der Waals surface area contributed by atoms with Gasteiger partial charge in [-0.15, -0.1) is 0 Å². The van der Waals surface area contributed by atoms with Gasteiger partial charge in [0.2, 0.25) is 5.91 Å². The Morgan fingerprint density at radius 2 is 1.92 bits per heavy atom. The molecule has 2 atom stereocenters. The molecule has 24 heavy (non-hydrogen) atoms. The number of hydrogen-bond acceptors (Lipinski definition) is 3. The molecule has 2 heterocycles. The normalized spacial score (nSPS) is 22.7. The lowest BCUT2D eigenvalue weighted by molar-refractivity contribution is -0.119. The lowest BCUT2D eigenvalue weighted by atomic mass is 10.0. The van der Waals surface area contributed by atoms with E-state index in [1.54, 1.807) is 36.4 Å². The monoisotopic (exact) mass is 326 g/mol. The van der Waals surface area contributed by atoms with Crippen LogP contribution in [0.2, 0.25) is 0 Å². The number of nitrogens with one attached hydrogen (secondary N) is 1. The molecule has 122 valence electrons. The number of benzene rings is 2. The summed E-state index contributed by atoms with van der Waals surface area (Å²) < 4.78 is 14.0. The maximum atomic E-state index is 14.0. The molecule has 0 spiro atoms. The first kappa shape index (κ1) is 14.8. The maximum Gasteiger partial charge on any atom is 0.256 e. The van der Waals surface area contributed by atoms with E-state index in [2.05, 4.69) is 5.32 Å². The van der Waals surface area contributed by atoms with Crippen molar-refractivity contribution in [3.05, 3.63) is 53.8 Å². The minimum atomic E-state index is -0.707. The molecule has 0 radical (unpaired) electrons. The van der Waals surface area contributed by atoms with Crippen molar-refractivity contribution in [1.82, 2.24) is 4.90 Å². The summed E-state index contributed by atoms with van der Waals surface area (Å²) in [5, 5.41) is 12.5. The summed E-state index contributed by atoms with van der Waals surface area (Å²) in [5.74, 6) is -1.02. The summed E-state index contributed by atoms with van der Waals surface area (Å²) >= 11 is 0. The number of fused-ring (bicyclic) bond motifs is 2. The number of anilines is 1. The molecule has 4 rings (SSSR count). The van der Waals surface area contributed by atoms with Gasteiger partial charge in [-0.05, 0) is 23.8 Å². The first-order valence-electron chi connectivity index (χ1n) is 7.73. The quantitative estimate of drug-likeness (QED) is 0.842. The Balaban J connectivity index is 1.81. The predicted molar refractivity (Wildman–Crippen MR) is 85.9 cm³/mol. The van der Waals surface area contributed by atoms with E-state index in [0.717, 1.165) is 0 Å². The average molecular weight is 326 g/mol. The van der Waals surface area contributed by atoms with Gasteiger partial charge < -0.3 is 15.3 Å². The largest absolute Gasteiger partial charge is 0.391 e. The summed E-state index contributed by atoms with van der Waals surface area (Å²) in [4.78, 5) is 26.5. The molecular formula is C18H15FN2O3. The van der Waals surface area contributed by atoms with Crippen LogP contribution in [0.4, 0.5) is 10.1 Å². The van der Waals surface area contributed by atoms with E-state index in [0.29, 0.717) is 22.4 Å². The number of aliphatic hydroxyl groups excluding tert-OH is 1. The third-order valence-corrected chi connectivity index (χ3v) is 4.54. The highest BCUT2D eigenvalue weighted by Crippen LogP contribution is 2.32. The van der Waals surface area contributed by atoms with E-state index < -0.39 is 12.1 Å². The van der Waals surface area contributed by atoms with Crippen LogP contribution in [-0.4, -0.2) is 40.5 Å². The molecule has 2 N–H and O–H groups in total. The molecule has 2 amide bonds. The number of amides is 2. The van der Waals surface area contributed by atoms with Crippen LogP contribution >= 0.6 is 0 Å². The second-order valence-corrected chi connectivity index (χ2v) is 6.09. The maximum absolute atomic E-state index is 14.0. The van der Waals surface area contributed by atoms with Crippen molar-refractivity contribution in [2.24, 2.45) is 0 Å². The molecule has 0 bridgehead atoms. The highest BCUT2D eigenvalue weighted by atomic mass is 19.1. The van der Waals surface area contributed by atoms with Crippen molar-refractivity contribution in [2.75, 3.05) is 11.9 Å². The summed E-state index contributed by atoms with van der Waals surface area (Å²) in [5.41, 5.74) is 1.67. The first-order valence-corrected chi connectivity index (χ1v) is 7.73. The number of halogens is 1. The topological polar surface area (TPSA) is 69.6 Å². The molecule has 1 saturated heterocycles. The van der Waals surface area contributed by atoms with Crippen molar-refractivity contribution < 1.29 is 19.1 Å². The molecule has 1 fully saturated rings. The molecule has 2 aliphatic heterocycles. The van der Waals surface area contributed by atoms with Crippen molar-refractivity contribution in [1.29, 1.82) is 0 Å². The predicted octanol–water partition coefficient (Wildman–Crippen LogP) is 2.02. The Kier molecular flexibility index (Phi) is 3.35. The van der Waals surface area contributed by atoms with Crippen molar-refractivity contribution in [3.8, 4) is 11.1 Å². The molecule has 0 unspecified atom stereocenters. The fourth-order valence-corrected chi connectivity index (χ4v) is 3.35. The van der Waals surface area contributed by atoms with Crippen LogP contribution in [0.15, 0.2) is 42.5 Å². The highest BCUT2D eigenvalue weighted by Gasteiger charge is 2.42. The van der Waals surface area contributed by atoms with E-state index in [1.165, 1.54) is 11.0 Å². The smallest absolute Gasteiger partial charge is 0.256 e. The van der Waals surface area contributed by atoms with Gasteiger partial charge in [0.25, 0.3) is 5.91 Å². The standard InChI is InChI=1S/C18H15FN2O3/c19-14-4-2-1-3-12(14)10-5-6-15-13(7-10)18(24)21-9-11(22)8-16(21)17(23)20-15/h1-7,11,16,22H,8-9H2,(H,20,23)/t11-,16+/m1/s1. The molecular weight excluding hydrogens is 311 g/mol. The van der Waals surface area contributed by atoms with Gasteiger partial charge in [-0.1, -0.05) is 24.3 Å². The molecule has 6 heteroatoms. The highest BCUT2D eigenvalue weighted by molar-refractivity contribution is 6.10. The Morgan fingerprint density at radius 1 is 1.12 bits per heavy atom. The Labute approximate surface area is 137 Å². The molecule has 5 nitrogen and oxygen atoms in total. The van der Waals surface area contributed by atoms with Crippen LogP contribution in [-0.2, 0) is 4.79 Å². The van der Waals surface area contributed by atoms with Crippen LogP contribution in [0.5, 0.6) is 0 Å². The van der Waals surface area contributed by atoms with Gasteiger partial charge >= 0.3 is 0 Å². The van der Waals surface area contributed by atoms with Crippen LogP contribution in [0.1, 0.15) is 16.8 Å². The van der Waals surface area contributed by atoms with Crippen LogP contribution in [0, 0.1) is 5.82 Å². The first-order chi connectivity index (χ1) is 11.5. The minimum Gasteiger partial charge on any atom is -0.391 e. The van der Waals surface area contributed by atoms with Crippen molar-refractivity contribution in [2.45, 2.75) is 18.6 Å². The van der Waals surface area contributed by atoms with Gasteiger partial charge in [-0.2, -0.15) is 0 Å². The summed E-state index contributed by atoms with van der Waals surface area (Å²) in [7, 11) is 0. The van der Waals surface area contributed by atoms with E-state index >= 15 is 0 Å². The zero-order valence-corrected chi connectivity index (χ0v) is 12.7. The molecule has 2 aromatic carbocycles. The number of hydrogen-bond donors (Lipinski definition) is 2. The zero-order chi connectivity index (χ0) is 16.8. The van der Waals surface area contributed by atoms with Crippen LogP contribution < -0.4 is 5.32 Å². The van der Waals surface area contributed by atoms with Gasteiger partial charge in [0.05, 0.1) is 17.4 Å². The SMILES string of the molecule is O=C1Nc2ccc(-c3ccccc3F)cc2C(=O)N2C[C@H](O)C[C@@H]12. The fraction of sp³-hybridized carbons (Fsp3) is 0.222. The molecule has 2 aromatic rings. The minimum absolute atomic E-state index is 0.125. The Morgan fingerprint density at radius 3 is 2.71 bits per heavy atom. The number of aliphatic hydroxyl groups is 1. The van der Waals surface area contributed by atoms with E-state index in [-0.39, 0.29) is 30.6 Å². The number of nitrogens with zero attached hydrogens (tertiary/aromatic N) is 1. The molecule has 0 aromatic heterocycles. The number of rotatable bonds is 1. The lowest BCUT2D eigenvalue weighted by Crippen LogP contribution is -2.40. The molecule has 0 aliphatic carbocycles. The van der Waals surface area contributed by atoms with E-state index in [1.807, 2.05) is 0 Å². The van der Waals surface area contributed by atoms with Gasteiger partial charge in [0.1, 0.15) is 11.9 Å². The lowest BCUT2D eigenvalue weighted by Gasteiger charge is -2.19. The third-order valence-electron chi connectivity index (χ3n) is 4.54. The van der Waals surface area contributed by atoms with Gasteiger partial charge in [0.15, 0.2) is 0 Å². The summed E-state index contributed by atoms with van der Waals surface area (Å²) in [6.45, 7) is 0.125. The summed E-state index contributed by atoms with van der Waals surface area (Å²) in [6.07, 6.45) is -0.479. The van der Waals surface area contributed by atoms with Crippen LogP contribution in [0.3, 0.4) is 0 Å². The van der Waals surface area contributed by atoms with Gasteiger partial charge in [-0.3, -0.25) is 9.59 Å². The van der Waals surface area contributed by atoms with Crippen molar-refractivity contribution in [3.63, 3.8) is 0 Å².